The zero-order chi connectivity index (χ0) is 13.8. The molecule has 1 aliphatic rings. The number of rotatable bonds is 5. The molecule has 1 fully saturated rings. The van der Waals surface area contributed by atoms with E-state index in [1.54, 1.807) is 11.9 Å². The molecule has 0 atom stereocenters. The van der Waals surface area contributed by atoms with E-state index in [4.69, 9.17) is 9.47 Å². The van der Waals surface area contributed by atoms with Crippen LogP contribution in [0, 0.1) is 5.92 Å². The predicted molar refractivity (Wildman–Crippen MR) is 75.1 cm³/mol. The highest BCUT2D eigenvalue weighted by molar-refractivity contribution is 9.09. The number of amides is 1. The van der Waals surface area contributed by atoms with Gasteiger partial charge in [0.05, 0.1) is 12.7 Å². The van der Waals surface area contributed by atoms with Crippen LogP contribution in [0.2, 0.25) is 0 Å². The number of carbonyl (C=O) groups is 1. The topological polar surface area (TPSA) is 38.8 Å². The van der Waals surface area contributed by atoms with Gasteiger partial charge in [0.1, 0.15) is 5.60 Å². The van der Waals surface area contributed by atoms with Crippen LogP contribution in [0.15, 0.2) is 0 Å². The number of hydrogen-bond donors (Lipinski definition) is 0. The molecule has 5 heteroatoms. The molecule has 1 rings (SSSR count). The molecule has 0 bridgehead atoms. The molecule has 0 spiro atoms. The lowest BCUT2D eigenvalue weighted by Crippen LogP contribution is -2.38. The van der Waals surface area contributed by atoms with E-state index < -0.39 is 5.60 Å². The Bertz CT molecular complexity index is 272. The summed E-state index contributed by atoms with van der Waals surface area (Å²) in [5.74, 6) is 0.763. The number of alkyl halides is 1. The third-order valence-corrected chi connectivity index (χ3v) is 3.81. The second kappa shape index (κ2) is 6.75. The fraction of sp³-hybridized carbons (Fsp3) is 0.923. The lowest BCUT2D eigenvalue weighted by molar-refractivity contribution is -0.0327. The van der Waals surface area contributed by atoms with Gasteiger partial charge < -0.3 is 14.4 Å². The number of halogens is 1. The molecule has 0 heterocycles. The summed E-state index contributed by atoms with van der Waals surface area (Å²) >= 11 is 3.47. The first-order chi connectivity index (χ1) is 8.31. The molecule has 0 radical (unpaired) electrons. The molecule has 0 N–H and O–H groups in total. The second-order valence-electron chi connectivity index (χ2n) is 5.89. The molecule has 0 aromatic carbocycles. The first kappa shape index (κ1) is 15.8. The summed E-state index contributed by atoms with van der Waals surface area (Å²) in [6.07, 6.45) is 2.33. The predicted octanol–water partition coefficient (Wildman–Crippen LogP) is 3.04. The minimum absolute atomic E-state index is 0.293. The van der Waals surface area contributed by atoms with Gasteiger partial charge >= 0.3 is 6.09 Å². The smallest absolute Gasteiger partial charge is 0.410 e. The quantitative estimate of drug-likeness (QED) is 0.730. The summed E-state index contributed by atoms with van der Waals surface area (Å²) in [5, 5.41) is 1.06. The Labute approximate surface area is 118 Å². The molecular weight excluding hydrogens is 298 g/mol. The highest BCUT2D eigenvalue weighted by Gasteiger charge is 2.28. The first-order valence-electron chi connectivity index (χ1n) is 6.43. The van der Waals surface area contributed by atoms with Crippen molar-refractivity contribution < 1.29 is 14.3 Å². The Kier molecular flexibility index (Phi) is 5.92. The standard InChI is InChI=1S/C13H24BrNO3/c1-13(2,3)18-12(16)15(4)5-6-17-11-7-10(8-11)9-14/h10-11H,5-9H2,1-4H3/t10-,11-. The SMILES string of the molecule is CN(CCO[C@H]1C[C@H](CBr)C1)C(=O)OC(C)(C)C. The van der Waals surface area contributed by atoms with E-state index in [9.17, 15) is 4.79 Å². The minimum atomic E-state index is -0.441. The molecule has 0 aromatic heterocycles. The van der Waals surface area contributed by atoms with Crippen LogP contribution in [0.1, 0.15) is 33.6 Å². The number of ether oxygens (including phenoxy) is 2. The Balaban J connectivity index is 2.10. The third-order valence-electron chi connectivity index (χ3n) is 2.90. The normalized spacial score (nSPS) is 23.4. The number of nitrogens with zero attached hydrogens (tertiary/aromatic N) is 1. The molecule has 1 aliphatic carbocycles. The van der Waals surface area contributed by atoms with Crippen molar-refractivity contribution in [2.24, 2.45) is 5.92 Å². The summed E-state index contributed by atoms with van der Waals surface area (Å²) in [4.78, 5) is 13.2. The average molecular weight is 322 g/mol. The lowest BCUT2D eigenvalue weighted by Gasteiger charge is -2.34. The largest absolute Gasteiger partial charge is 0.444 e. The molecular formula is C13H24BrNO3. The summed E-state index contributed by atoms with van der Waals surface area (Å²) in [7, 11) is 1.74. The Morgan fingerprint density at radius 3 is 2.50 bits per heavy atom. The molecule has 0 saturated heterocycles. The van der Waals surface area contributed by atoms with Crippen LogP contribution >= 0.6 is 15.9 Å². The van der Waals surface area contributed by atoms with Gasteiger partial charge in [-0.3, -0.25) is 0 Å². The second-order valence-corrected chi connectivity index (χ2v) is 6.53. The van der Waals surface area contributed by atoms with Crippen LogP contribution in [-0.4, -0.2) is 48.2 Å². The third kappa shape index (κ3) is 5.57. The fourth-order valence-corrected chi connectivity index (χ4v) is 2.25. The fourth-order valence-electron chi connectivity index (χ4n) is 1.72. The van der Waals surface area contributed by atoms with E-state index in [0.717, 1.165) is 24.1 Å². The zero-order valence-electron chi connectivity index (χ0n) is 11.7. The van der Waals surface area contributed by atoms with E-state index in [1.165, 1.54) is 0 Å². The van der Waals surface area contributed by atoms with Crippen molar-refractivity contribution in [1.29, 1.82) is 0 Å². The van der Waals surface area contributed by atoms with E-state index in [2.05, 4.69) is 15.9 Å². The Morgan fingerprint density at radius 2 is 2.00 bits per heavy atom. The molecule has 106 valence electrons. The van der Waals surface area contributed by atoms with Crippen molar-refractivity contribution in [3.8, 4) is 0 Å². The van der Waals surface area contributed by atoms with Crippen molar-refractivity contribution in [3.63, 3.8) is 0 Å². The molecule has 1 amide bonds. The molecule has 0 aliphatic heterocycles. The van der Waals surface area contributed by atoms with E-state index in [1.807, 2.05) is 20.8 Å². The van der Waals surface area contributed by atoms with Crippen LogP contribution in [0.4, 0.5) is 4.79 Å². The highest BCUT2D eigenvalue weighted by atomic mass is 79.9. The van der Waals surface area contributed by atoms with Crippen LogP contribution in [0.3, 0.4) is 0 Å². The van der Waals surface area contributed by atoms with Gasteiger partial charge in [-0.25, -0.2) is 4.79 Å². The average Bonchev–Trinajstić information content (AvgIpc) is 2.18. The van der Waals surface area contributed by atoms with Crippen molar-refractivity contribution >= 4 is 22.0 Å². The minimum Gasteiger partial charge on any atom is -0.444 e. The maximum absolute atomic E-state index is 11.7. The first-order valence-corrected chi connectivity index (χ1v) is 7.55. The van der Waals surface area contributed by atoms with Gasteiger partial charge in [0.15, 0.2) is 0 Å². The van der Waals surface area contributed by atoms with Gasteiger partial charge in [0, 0.05) is 18.9 Å². The van der Waals surface area contributed by atoms with Crippen LogP contribution in [-0.2, 0) is 9.47 Å². The number of likely N-dealkylation sites (N-methyl/N-ethyl adjacent to an activating group) is 1. The molecule has 0 unspecified atom stereocenters. The Hall–Kier alpha value is -0.290. The van der Waals surface area contributed by atoms with Crippen molar-refractivity contribution in [1.82, 2.24) is 4.90 Å². The van der Waals surface area contributed by atoms with Crippen LogP contribution in [0.5, 0.6) is 0 Å². The monoisotopic (exact) mass is 321 g/mol. The molecule has 4 nitrogen and oxygen atoms in total. The van der Waals surface area contributed by atoms with Crippen molar-refractivity contribution in [3.05, 3.63) is 0 Å². The van der Waals surface area contributed by atoms with Gasteiger partial charge in [-0.05, 0) is 39.5 Å². The maximum atomic E-state index is 11.7. The summed E-state index contributed by atoms with van der Waals surface area (Å²) in [6, 6.07) is 0. The van der Waals surface area contributed by atoms with Gasteiger partial charge in [-0.15, -0.1) is 0 Å². The summed E-state index contributed by atoms with van der Waals surface area (Å²) < 4.78 is 10.9. The number of carbonyl (C=O) groups excluding carboxylic acids is 1. The van der Waals surface area contributed by atoms with Crippen molar-refractivity contribution in [2.75, 3.05) is 25.5 Å². The van der Waals surface area contributed by atoms with E-state index in [-0.39, 0.29) is 6.09 Å². The lowest BCUT2D eigenvalue weighted by atomic mass is 9.84. The summed E-state index contributed by atoms with van der Waals surface area (Å²) in [5.41, 5.74) is -0.441. The molecule has 0 aromatic rings. The van der Waals surface area contributed by atoms with Gasteiger partial charge in [-0.1, -0.05) is 15.9 Å². The number of hydrogen-bond acceptors (Lipinski definition) is 3. The zero-order valence-corrected chi connectivity index (χ0v) is 13.3. The van der Waals surface area contributed by atoms with Gasteiger partial charge in [0.2, 0.25) is 0 Å². The van der Waals surface area contributed by atoms with Crippen LogP contribution < -0.4 is 0 Å². The Morgan fingerprint density at radius 1 is 1.39 bits per heavy atom. The molecule has 1 saturated carbocycles. The van der Waals surface area contributed by atoms with E-state index in [0.29, 0.717) is 19.3 Å². The highest BCUT2D eigenvalue weighted by Crippen LogP contribution is 2.31. The van der Waals surface area contributed by atoms with Crippen molar-refractivity contribution in [2.45, 2.75) is 45.3 Å². The summed E-state index contributed by atoms with van der Waals surface area (Å²) in [6.45, 7) is 6.75. The van der Waals surface area contributed by atoms with E-state index >= 15 is 0 Å². The maximum Gasteiger partial charge on any atom is 0.410 e. The van der Waals surface area contributed by atoms with Gasteiger partial charge in [-0.2, -0.15) is 0 Å². The molecule has 18 heavy (non-hydrogen) atoms. The van der Waals surface area contributed by atoms with Crippen LogP contribution in [0.25, 0.3) is 0 Å². The van der Waals surface area contributed by atoms with Gasteiger partial charge in [0.25, 0.3) is 0 Å².